The number of hydrogen-bond donors (Lipinski definition) is 2. The van der Waals surface area contributed by atoms with Crippen molar-refractivity contribution < 1.29 is 0 Å². The van der Waals surface area contributed by atoms with E-state index >= 15 is 0 Å². The number of fused-ring (bicyclic) bond motifs is 2. The highest BCUT2D eigenvalue weighted by Crippen LogP contribution is 2.52. The molecule has 4 heteroatoms. The van der Waals surface area contributed by atoms with Gasteiger partial charge in [0.2, 0.25) is 0 Å². The summed E-state index contributed by atoms with van der Waals surface area (Å²) >= 11 is 1.81. The van der Waals surface area contributed by atoms with E-state index in [0.29, 0.717) is 0 Å². The van der Waals surface area contributed by atoms with E-state index < -0.39 is 0 Å². The van der Waals surface area contributed by atoms with Gasteiger partial charge in [-0.1, -0.05) is 66.4 Å². The van der Waals surface area contributed by atoms with Crippen molar-refractivity contribution in [1.82, 2.24) is 0 Å². The molecule has 0 spiro atoms. The quantitative estimate of drug-likeness (QED) is 0.270. The van der Waals surface area contributed by atoms with Gasteiger partial charge in [0.25, 0.3) is 0 Å². The molecule has 1 aliphatic rings. The first kappa shape index (κ1) is 20.5. The molecule has 0 fully saturated rings. The van der Waals surface area contributed by atoms with Crippen molar-refractivity contribution in [2.75, 3.05) is 15.5 Å². The highest BCUT2D eigenvalue weighted by molar-refractivity contribution is 7.99. The first-order chi connectivity index (χ1) is 16.8. The maximum absolute atomic E-state index is 3.53. The summed E-state index contributed by atoms with van der Waals surface area (Å²) in [5.74, 6) is 0. The molecule has 5 aromatic carbocycles. The molecule has 6 rings (SSSR count). The van der Waals surface area contributed by atoms with E-state index in [4.69, 9.17) is 0 Å². The van der Waals surface area contributed by atoms with Crippen LogP contribution in [0, 0.1) is 0 Å². The van der Waals surface area contributed by atoms with Crippen LogP contribution in [-0.4, -0.2) is 0 Å². The molecule has 2 N–H and O–H groups in total. The number of anilines is 7. The van der Waals surface area contributed by atoms with Gasteiger partial charge in [0, 0.05) is 38.2 Å². The molecule has 0 aliphatic carbocycles. The van der Waals surface area contributed by atoms with Gasteiger partial charge in [-0.05, 0) is 72.8 Å². The Balaban J connectivity index is 1.40. The molecular formula is C30H23N3S. The number of rotatable bonds is 5. The largest absolute Gasteiger partial charge is 0.355 e. The highest BCUT2D eigenvalue weighted by Gasteiger charge is 2.25. The average Bonchev–Trinajstić information content (AvgIpc) is 2.89. The smallest absolute Gasteiger partial charge is 0.0603 e. The van der Waals surface area contributed by atoms with E-state index in [2.05, 4.69) is 107 Å². The number of nitrogens with zero attached hydrogens (tertiary/aromatic N) is 1. The van der Waals surface area contributed by atoms with Crippen LogP contribution in [0.3, 0.4) is 0 Å². The lowest BCUT2D eigenvalue weighted by molar-refractivity contribution is 1.17. The van der Waals surface area contributed by atoms with E-state index in [0.717, 1.165) is 28.4 Å². The van der Waals surface area contributed by atoms with E-state index in [9.17, 15) is 0 Å². The van der Waals surface area contributed by atoms with Crippen LogP contribution in [0.4, 0.5) is 39.8 Å². The Hall–Kier alpha value is -4.15. The van der Waals surface area contributed by atoms with Crippen molar-refractivity contribution in [3.8, 4) is 0 Å². The van der Waals surface area contributed by atoms with Crippen LogP contribution < -0.4 is 15.5 Å². The second kappa shape index (κ2) is 9.00. The van der Waals surface area contributed by atoms with Crippen molar-refractivity contribution in [2.45, 2.75) is 9.79 Å². The van der Waals surface area contributed by atoms with Crippen LogP contribution in [0.2, 0.25) is 0 Å². The SMILES string of the molecule is c1ccc(Nc2ccc3c(c2)Sc2cc(Nc4ccccc4)ccc2N3c2ccccc2)cc1. The maximum atomic E-state index is 3.53. The summed E-state index contributed by atoms with van der Waals surface area (Å²) in [6, 6.07) is 44.3. The Labute approximate surface area is 204 Å². The van der Waals surface area contributed by atoms with Crippen LogP contribution in [-0.2, 0) is 0 Å². The number of para-hydroxylation sites is 3. The van der Waals surface area contributed by atoms with Crippen LogP contribution in [0.1, 0.15) is 0 Å². The second-order valence-electron chi connectivity index (χ2n) is 8.12. The van der Waals surface area contributed by atoms with E-state index in [1.54, 1.807) is 0 Å². The Morgan fingerprint density at radius 3 is 1.35 bits per heavy atom. The van der Waals surface area contributed by atoms with Gasteiger partial charge in [-0.15, -0.1) is 0 Å². The zero-order valence-electron chi connectivity index (χ0n) is 18.5. The summed E-state index contributed by atoms with van der Waals surface area (Å²) in [4.78, 5) is 4.78. The third kappa shape index (κ3) is 4.12. The molecular weight excluding hydrogens is 434 g/mol. The van der Waals surface area contributed by atoms with Gasteiger partial charge >= 0.3 is 0 Å². The molecule has 3 nitrogen and oxygen atoms in total. The Morgan fingerprint density at radius 2 is 0.882 bits per heavy atom. The minimum Gasteiger partial charge on any atom is -0.355 e. The average molecular weight is 458 g/mol. The van der Waals surface area contributed by atoms with Crippen molar-refractivity contribution in [1.29, 1.82) is 0 Å². The van der Waals surface area contributed by atoms with Crippen LogP contribution >= 0.6 is 11.8 Å². The van der Waals surface area contributed by atoms with E-state index in [1.165, 1.54) is 21.2 Å². The fourth-order valence-corrected chi connectivity index (χ4v) is 5.33. The number of hydrogen-bond acceptors (Lipinski definition) is 4. The first-order valence-corrected chi connectivity index (χ1v) is 12.1. The van der Waals surface area contributed by atoms with E-state index in [1.807, 2.05) is 48.2 Å². The number of benzene rings is 5. The zero-order valence-corrected chi connectivity index (χ0v) is 19.3. The Morgan fingerprint density at radius 1 is 0.441 bits per heavy atom. The normalized spacial score (nSPS) is 11.9. The van der Waals surface area contributed by atoms with Crippen molar-refractivity contribution in [3.63, 3.8) is 0 Å². The van der Waals surface area contributed by atoms with Crippen LogP contribution in [0.25, 0.3) is 0 Å². The van der Waals surface area contributed by atoms with Gasteiger partial charge in [0.15, 0.2) is 0 Å². The summed E-state index contributed by atoms with van der Waals surface area (Å²) in [6.45, 7) is 0. The van der Waals surface area contributed by atoms with E-state index in [-0.39, 0.29) is 0 Å². The zero-order chi connectivity index (χ0) is 22.7. The molecule has 0 atom stereocenters. The summed E-state index contributed by atoms with van der Waals surface area (Å²) in [6.07, 6.45) is 0. The van der Waals surface area contributed by atoms with Gasteiger partial charge in [-0.3, -0.25) is 0 Å². The lowest BCUT2D eigenvalue weighted by Gasteiger charge is -2.33. The molecule has 0 aromatic heterocycles. The molecule has 164 valence electrons. The van der Waals surface area contributed by atoms with Gasteiger partial charge in [0.1, 0.15) is 0 Å². The molecule has 0 saturated heterocycles. The monoisotopic (exact) mass is 457 g/mol. The molecule has 1 aliphatic heterocycles. The third-order valence-electron chi connectivity index (χ3n) is 5.76. The maximum Gasteiger partial charge on any atom is 0.0603 e. The molecule has 34 heavy (non-hydrogen) atoms. The fourth-order valence-electron chi connectivity index (χ4n) is 4.20. The lowest BCUT2D eigenvalue weighted by atomic mass is 10.1. The summed E-state index contributed by atoms with van der Waals surface area (Å²) in [7, 11) is 0. The molecule has 1 heterocycles. The Kier molecular flexibility index (Phi) is 5.42. The van der Waals surface area contributed by atoms with Gasteiger partial charge in [-0.2, -0.15) is 0 Å². The van der Waals surface area contributed by atoms with Crippen LogP contribution in [0.15, 0.2) is 137 Å². The third-order valence-corrected chi connectivity index (χ3v) is 6.85. The van der Waals surface area contributed by atoms with Crippen molar-refractivity contribution in [3.05, 3.63) is 127 Å². The molecule has 0 radical (unpaired) electrons. The van der Waals surface area contributed by atoms with Crippen molar-refractivity contribution >= 4 is 51.6 Å². The predicted octanol–water partition coefficient (Wildman–Crippen LogP) is 9.11. The standard InChI is InChI=1S/C30H23N3S/c1-4-10-22(11-5-1)31-24-16-18-27-29(20-24)34-30-21-25(32-23-12-6-2-7-13-23)17-19-28(30)33(27)26-14-8-3-9-15-26/h1-21,31-32H. The highest BCUT2D eigenvalue weighted by atomic mass is 32.2. The Bertz CT molecular complexity index is 1330. The molecule has 0 amide bonds. The fraction of sp³-hybridized carbons (Fsp3) is 0. The lowest BCUT2D eigenvalue weighted by Crippen LogP contribution is -2.15. The molecule has 0 unspecified atom stereocenters. The topological polar surface area (TPSA) is 27.3 Å². The second-order valence-corrected chi connectivity index (χ2v) is 9.20. The van der Waals surface area contributed by atoms with Gasteiger partial charge in [0.05, 0.1) is 11.4 Å². The summed E-state index contributed by atoms with van der Waals surface area (Å²) in [5, 5.41) is 7.06. The molecule has 0 saturated carbocycles. The van der Waals surface area contributed by atoms with Gasteiger partial charge in [-0.25, -0.2) is 0 Å². The number of nitrogens with one attached hydrogen (secondary N) is 2. The van der Waals surface area contributed by atoms with Gasteiger partial charge < -0.3 is 15.5 Å². The summed E-state index contributed by atoms with van der Waals surface area (Å²) < 4.78 is 0. The minimum atomic E-state index is 1.08. The predicted molar refractivity (Wildman–Crippen MR) is 145 cm³/mol. The first-order valence-electron chi connectivity index (χ1n) is 11.3. The molecule has 0 bridgehead atoms. The minimum absolute atomic E-state index is 1.08. The molecule has 5 aromatic rings. The van der Waals surface area contributed by atoms with Crippen LogP contribution in [0.5, 0.6) is 0 Å². The summed E-state index contributed by atoms with van der Waals surface area (Å²) in [5.41, 5.74) is 7.84. The van der Waals surface area contributed by atoms with Crippen molar-refractivity contribution in [2.24, 2.45) is 0 Å².